The molecule has 0 unspecified atom stereocenters. The first kappa shape index (κ1) is 25.8. The number of benzene rings is 9. The van der Waals surface area contributed by atoms with E-state index < -0.39 is 0 Å². The van der Waals surface area contributed by atoms with Crippen LogP contribution in [0.25, 0.3) is 87.6 Å². The van der Waals surface area contributed by atoms with Crippen molar-refractivity contribution in [1.82, 2.24) is 0 Å². The Hall–Kier alpha value is -6.38. The highest BCUT2D eigenvalue weighted by Crippen LogP contribution is 2.52. The normalized spacial score (nSPS) is 12.5. The van der Waals surface area contributed by atoms with Crippen LogP contribution in [0.3, 0.4) is 0 Å². The van der Waals surface area contributed by atoms with E-state index >= 15 is 0 Å². The summed E-state index contributed by atoms with van der Waals surface area (Å²) >= 11 is 0. The van der Waals surface area contributed by atoms with E-state index in [0.717, 1.165) is 45.1 Å². The van der Waals surface area contributed by atoms with Gasteiger partial charge in [-0.3, -0.25) is 0 Å². The molecule has 0 saturated heterocycles. The van der Waals surface area contributed by atoms with Gasteiger partial charge in [-0.2, -0.15) is 0 Å². The molecule has 2 heterocycles. The maximum atomic E-state index is 6.63. The van der Waals surface area contributed by atoms with Crippen LogP contribution in [0.5, 0.6) is 23.0 Å². The van der Waals surface area contributed by atoms with Crippen molar-refractivity contribution in [3.8, 4) is 67.5 Å². The van der Waals surface area contributed by atoms with Gasteiger partial charge in [-0.1, -0.05) is 127 Å². The fourth-order valence-electron chi connectivity index (χ4n) is 8.25. The fourth-order valence-corrected chi connectivity index (χ4v) is 8.25. The van der Waals surface area contributed by atoms with Crippen molar-refractivity contribution in [2.45, 2.75) is 0 Å². The molecule has 0 radical (unpaired) electrons. The zero-order valence-corrected chi connectivity index (χ0v) is 25.8. The molecular formula is C46H26O2. The molecule has 222 valence electrons. The highest BCUT2D eigenvalue weighted by Gasteiger charge is 2.25. The lowest BCUT2D eigenvalue weighted by molar-refractivity contribution is 0.487. The summed E-state index contributed by atoms with van der Waals surface area (Å²) in [5.41, 5.74) is 9.48. The lowest BCUT2D eigenvalue weighted by Crippen LogP contribution is -1.99. The molecule has 0 spiro atoms. The molecule has 0 aromatic heterocycles. The van der Waals surface area contributed by atoms with Crippen LogP contribution in [0.4, 0.5) is 0 Å². The van der Waals surface area contributed by atoms with Crippen LogP contribution in [0.1, 0.15) is 0 Å². The topological polar surface area (TPSA) is 18.5 Å². The molecule has 9 aromatic rings. The molecule has 11 rings (SSSR count). The van der Waals surface area contributed by atoms with Crippen LogP contribution in [-0.4, -0.2) is 0 Å². The summed E-state index contributed by atoms with van der Waals surface area (Å²) in [6.07, 6.45) is 0. The molecule has 0 saturated carbocycles. The lowest BCUT2D eigenvalue weighted by atomic mass is 9.83. The Bertz CT molecular complexity index is 2780. The van der Waals surface area contributed by atoms with E-state index in [1.807, 2.05) is 6.07 Å². The molecule has 0 atom stereocenters. The second kappa shape index (κ2) is 9.57. The molecule has 2 heteroatoms. The summed E-state index contributed by atoms with van der Waals surface area (Å²) in [5.74, 6) is 3.60. The minimum absolute atomic E-state index is 0.889. The molecule has 9 aromatic carbocycles. The molecule has 0 bridgehead atoms. The standard InChI is InChI=1S/C46H26O2/c1-3-15-34-32(13-1)43(28-22-23-30-31-17-7-10-27-11-8-20-40(44(27)31)48-42(30)26-28)33-14-2-4-16-35(33)45(34)38-25-24-37-29-12-5-6-19-39(29)47-41-21-9-18-36(38)46(37)41/h1-26H. The average molecular weight is 611 g/mol. The smallest absolute Gasteiger partial charge is 0.135 e. The second-order valence-corrected chi connectivity index (χ2v) is 12.8. The van der Waals surface area contributed by atoms with Crippen molar-refractivity contribution < 1.29 is 9.47 Å². The van der Waals surface area contributed by atoms with E-state index in [1.165, 1.54) is 65.5 Å². The van der Waals surface area contributed by atoms with E-state index in [0.29, 0.717) is 0 Å². The number of hydrogen-bond acceptors (Lipinski definition) is 2. The van der Waals surface area contributed by atoms with Gasteiger partial charge in [0, 0.05) is 21.9 Å². The van der Waals surface area contributed by atoms with Crippen molar-refractivity contribution in [2.24, 2.45) is 0 Å². The Labute approximate surface area is 277 Å². The van der Waals surface area contributed by atoms with E-state index in [4.69, 9.17) is 9.47 Å². The average Bonchev–Trinajstić information content (AvgIpc) is 3.14. The molecule has 0 fully saturated rings. The third kappa shape index (κ3) is 3.46. The predicted octanol–water partition coefficient (Wildman–Crippen LogP) is 13.2. The Morgan fingerprint density at radius 2 is 0.792 bits per heavy atom. The van der Waals surface area contributed by atoms with Crippen LogP contribution < -0.4 is 9.47 Å². The predicted molar refractivity (Wildman–Crippen MR) is 198 cm³/mol. The molecule has 0 N–H and O–H groups in total. The number of rotatable bonds is 2. The summed E-state index contributed by atoms with van der Waals surface area (Å²) < 4.78 is 13.1. The number of para-hydroxylation sites is 1. The summed E-state index contributed by atoms with van der Waals surface area (Å²) in [6, 6.07) is 56.6. The third-order valence-corrected chi connectivity index (χ3v) is 10.2. The second-order valence-electron chi connectivity index (χ2n) is 12.8. The maximum absolute atomic E-state index is 6.63. The lowest BCUT2D eigenvalue weighted by Gasteiger charge is -2.24. The first-order valence-electron chi connectivity index (χ1n) is 16.4. The SMILES string of the molecule is c1ccc2c(c1)Oc1cccc3c(-c4c5ccccc5c(-c5ccc6c(c5)Oc5cccc7cccc-6c57)c5ccccc45)ccc-2c13. The van der Waals surface area contributed by atoms with Gasteiger partial charge in [0.15, 0.2) is 0 Å². The third-order valence-electron chi connectivity index (χ3n) is 10.2. The van der Waals surface area contributed by atoms with E-state index in [1.54, 1.807) is 0 Å². The minimum atomic E-state index is 0.889. The van der Waals surface area contributed by atoms with Crippen molar-refractivity contribution >= 4 is 43.1 Å². The summed E-state index contributed by atoms with van der Waals surface area (Å²) in [5, 5.41) is 9.59. The monoisotopic (exact) mass is 610 g/mol. The highest BCUT2D eigenvalue weighted by molar-refractivity contribution is 6.25. The minimum Gasteiger partial charge on any atom is -0.456 e. The van der Waals surface area contributed by atoms with Crippen molar-refractivity contribution in [3.63, 3.8) is 0 Å². The van der Waals surface area contributed by atoms with Gasteiger partial charge in [-0.25, -0.2) is 0 Å². The number of ether oxygens (including phenoxy) is 2. The van der Waals surface area contributed by atoms with Gasteiger partial charge in [0.2, 0.25) is 0 Å². The Morgan fingerprint density at radius 1 is 0.292 bits per heavy atom. The van der Waals surface area contributed by atoms with Gasteiger partial charge < -0.3 is 9.47 Å². The first-order valence-corrected chi connectivity index (χ1v) is 16.4. The summed E-state index contributed by atoms with van der Waals surface area (Å²) in [6.45, 7) is 0. The van der Waals surface area contributed by atoms with E-state index in [2.05, 4.69) is 152 Å². The molecule has 0 aliphatic carbocycles. The molecule has 2 aliphatic heterocycles. The van der Waals surface area contributed by atoms with Crippen LogP contribution in [0, 0.1) is 0 Å². The van der Waals surface area contributed by atoms with E-state index in [9.17, 15) is 0 Å². The largest absolute Gasteiger partial charge is 0.456 e. The quantitative estimate of drug-likeness (QED) is 0.181. The van der Waals surface area contributed by atoms with Crippen LogP contribution in [0.15, 0.2) is 158 Å². The van der Waals surface area contributed by atoms with Crippen LogP contribution in [0.2, 0.25) is 0 Å². The van der Waals surface area contributed by atoms with E-state index in [-0.39, 0.29) is 0 Å². The van der Waals surface area contributed by atoms with Gasteiger partial charge in [0.1, 0.15) is 23.0 Å². The fraction of sp³-hybridized carbons (Fsp3) is 0. The molecule has 2 nitrogen and oxygen atoms in total. The van der Waals surface area contributed by atoms with Gasteiger partial charge in [-0.05, 0) is 96.0 Å². The van der Waals surface area contributed by atoms with Crippen molar-refractivity contribution in [1.29, 1.82) is 0 Å². The maximum Gasteiger partial charge on any atom is 0.135 e. The summed E-state index contributed by atoms with van der Waals surface area (Å²) in [4.78, 5) is 0. The number of fused-ring (bicyclic) bond motifs is 6. The van der Waals surface area contributed by atoms with Crippen LogP contribution >= 0.6 is 0 Å². The van der Waals surface area contributed by atoms with Gasteiger partial charge in [0.25, 0.3) is 0 Å². The summed E-state index contributed by atoms with van der Waals surface area (Å²) in [7, 11) is 0. The van der Waals surface area contributed by atoms with Crippen molar-refractivity contribution in [2.75, 3.05) is 0 Å². The Morgan fingerprint density at radius 3 is 1.58 bits per heavy atom. The van der Waals surface area contributed by atoms with Crippen LogP contribution in [-0.2, 0) is 0 Å². The van der Waals surface area contributed by atoms with Gasteiger partial charge >= 0.3 is 0 Å². The molecular weight excluding hydrogens is 585 g/mol. The number of hydrogen-bond donors (Lipinski definition) is 0. The first-order chi connectivity index (χ1) is 23.8. The zero-order chi connectivity index (χ0) is 31.3. The molecule has 2 aliphatic rings. The Kier molecular flexibility index (Phi) is 5.14. The Balaban J connectivity index is 1.18. The zero-order valence-electron chi connectivity index (χ0n) is 25.8. The highest BCUT2D eigenvalue weighted by atomic mass is 16.5. The van der Waals surface area contributed by atoms with Crippen molar-refractivity contribution in [3.05, 3.63) is 158 Å². The van der Waals surface area contributed by atoms with Gasteiger partial charge in [-0.15, -0.1) is 0 Å². The molecule has 0 amide bonds. The molecule has 48 heavy (non-hydrogen) atoms. The van der Waals surface area contributed by atoms with Gasteiger partial charge in [0.05, 0.1) is 0 Å².